The van der Waals surface area contributed by atoms with Gasteiger partial charge in [0.15, 0.2) is 0 Å². The smallest absolute Gasteiger partial charge is 0.0358 e. The molecule has 0 atom stereocenters. The molecule has 0 saturated carbocycles. The van der Waals surface area contributed by atoms with E-state index < -0.39 is 0 Å². The second-order valence-electron chi connectivity index (χ2n) is 3.37. The fourth-order valence-corrected chi connectivity index (χ4v) is 1.16. The van der Waals surface area contributed by atoms with E-state index in [1.807, 2.05) is 0 Å². The van der Waals surface area contributed by atoms with Crippen molar-refractivity contribution < 1.29 is 0 Å². The summed E-state index contributed by atoms with van der Waals surface area (Å²) in [6.07, 6.45) is 3.19. The van der Waals surface area contributed by atoms with Crippen LogP contribution in [0.4, 0.5) is 0 Å². The maximum Gasteiger partial charge on any atom is 0.0358 e. The van der Waals surface area contributed by atoms with E-state index in [-0.39, 0.29) is 0 Å². The summed E-state index contributed by atoms with van der Waals surface area (Å²) in [5.41, 5.74) is 14.5. The van der Waals surface area contributed by atoms with Gasteiger partial charge in [-0.1, -0.05) is 5.22 Å². The molecule has 0 unspecified atom stereocenters. The molecule has 0 saturated heterocycles. The Morgan fingerprint density at radius 2 is 1.40 bits per heavy atom. The van der Waals surface area contributed by atoms with Crippen LogP contribution < -0.4 is 21.8 Å². The van der Waals surface area contributed by atoms with Gasteiger partial charge in [0.1, 0.15) is 0 Å². The molecule has 6 N–H and O–H groups in total. The topological polar surface area (TPSA) is 98.3 Å². The summed E-state index contributed by atoms with van der Waals surface area (Å²) in [6, 6.07) is 0. The van der Waals surface area contributed by atoms with Crippen molar-refractivity contribution in [3.8, 4) is 0 Å². The molecule has 0 spiro atoms. The first-order valence-corrected chi connectivity index (χ1v) is 5.62. The van der Waals surface area contributed by atoms with Gasteiger partial charge in [-0.3, -0.25) is 5.43 Å². The molecule has 0 aliphatic rings. The lowest BCUT2D eigenvalue weighted by Gasteiger charge is -2.05. The van der Waals surface area contributed by atoms with Crippen LogP contribution >= 0.6 is 0 Å². The van der Waals surface area contributed by atoms with Gasteiger partial charge in [0.2, 0.25) is 0 Å². The van der Waals surface area contributed by atoms with Crippen LogP contribution in [0.1, 0.15) is 19.3 Å². The monoisotopic (exact) mass is 216 g/mol. The average molecular weight is 216 g/mol. The van der Waals surface area contributed by atoms with E-state index in [1.165, 1.54) is 0 Å². The third kappa shape index (κ3) is 13.3. The number of nitrogens with one attached hydrogen (secondary N) is 4. The highest BCUT2D eigenvalue weighted by Gasteiger charge is 1.89. The van der Waals surface area contributed by atoms with Crippen LogP contribution in [0.15, 0.2) is 5.22 Å². The molecule has 0 fully saturated rings. The third-order valence-electron chi connectivity index (χ3n) is 1.99. The molecular formula is C9H24N6. The minimum Gasteiger partial charge on any atom is -0.330 e. The predicted molar refractivity (Wildman–Crippen MR) is 61.8 cm³/mol. The Morgan fingerprint density at radius 1 is 0.867 bits per heavy atom. The number of nitrogens with zero attached hydrogens (tertiary/aromatic N) is 1. The fraction of sp³-hybridized carbons (Fsp3) is 1.00. The van der Waals surface area contributed by atoms with E-state index in [0.717, 1.165) is 58.5 Å². The van der Waals surface area contributed by atoms with Crippen molar-refractivity contribution in [1.29, 1.82) is 5.53 Å². The van der Waals surface area contributed by atoms with Crippen molar-refractivity contribution in [2.45, 2.75) is 19.3 Å². The lowest BCUT2D eigenvalue weighted by atomic mass is 10.3. The summed E-state index contributed by atoms with van der Waals surface area (Å²) in [5.74, 6) is 0. The largest absolute Gasteiger partial charge is 0.330 e. The number of rotatable bonds is 12. The SMILES string of the molecule is N=NNCCCNCCCNCCCN. The molecule has 0 heterocycles. The number of nitrogens with two attached hydrogens (primary N) is 1. The van der Waals surface area contributed by atoms with E-state index in [2.05, 4.69) is 21.3 Å². The van der Waals surface area contributed by atoms with Gasteiger partial charge in [0, 0.05) is 6.54 Å². The van der Waals surface area contributed by atoms with E-state index in [4.69, 9.17) is 11.3 Å². The van der Waals surface area contributed by atoms with Crippen molar-refractivity contribution >= 4 is 0 Å². The van der Waals surface area contributed by atoms with Crippen LogP contribution in [-0.2, 0) is 0 Å². The predicted octanol–water partition coefficient (Wildman–Crippen LogP) is -0.170. The number of hydrogen-bond acceptors (Lipinski definition) is 5. The molecule has 15 heavy (non-hydrogen) atoms. The first-order valence-electron chi connectivity index (χ1n) is 5.62. The first-order chi connectivity index (χ1) is 7.41. The number of hydrogen-bond donors (Lipinski definition) is 5. The van der Waals surface area contributed by atoms with Gasteiger partial charge >= 0.3 is 0 Å². The third-order valence-corrected chi connectivity index (χ3v) is 1.99. The van der Waals surface area contributed by atoms with E-state index >= 15 is 0 Å². The van der Waals surface area contributed by atoms with Gasteiger partial charge in [-0.2, -0.15) is 5.53 Å². The summed E-state index contributed by atoms with van der Waals surface area (Å²) in [4.78, 5) is 0. The Bertz CT molecular complexity index is 130. The van der Waals surface area contributed by atoms with Crippen LogP contribution in [-0.4, -0.2) is 39.3 Å². The Morgan fingerprint density at radius 3 is 1.93 bits per heavy atom. The molecule has 0 aromatic heterocycles. The van der Waals surface area contributed by atoms with Gasteiger partial charge in [-0.25, -0.2) is 0 Å². The first kappa shape index (κ1) is 14.3. The Kier molecular flexibility index (Phi) is 12.6. The minimum atomic E-state index is 0.763. The normalized spacial score (nSPS) is 10.2. The van der Waals surface area contributed by atoms with E-state index in [1.54, 1.807) is 0 Å². The van der Waals surface area contributed by atoms with Crippen molar-refractivity contribution in [2.24, 2.45) is 11.0 Å². The lowest BCUT2D eigenvalue weighted by Crippen LogP contribution is -2.25. The molecule has 0 aliphatic heterocycles. The van der Waals surface area contributed by atoms with Crippen molar-refractivity contribution in [3.05, 3.63) is 0 Å². The maximum absolute atomic E-state index is 6.51. The van der Waals surface area contributed by atoms with Crippen molar-refractivity contribution in [2.75, 3.05) is 39.3 Å². The van der Waals surface area contributed by atoms with Crippen LogP contribution in [0, 0.1) is 5.53 Å². The van der Waals surface area contributed by atoms with Crippen LogP contribution in [0.5, 0.6) is 0 Å². The van der Waals surface area contributed by atoms with Gasteiger partial charge in [0.25, 0.3) is 0 Å². The quantitative estimate of drug-likeness (QED) is 0.178. The molecule has 6 heteroatoms. The van der Waals surface area contributed by atoms with Gasteiger partial charge in [0.05, 0.1) is 0 Å². The summed E-state index contributed by atoms with van der Waals surface area (Å²) in [7, 11) is 0. The highest BCUT2D eigenvalue weighted by Crippen LogP contribution is 1.77. The molecule has 0 aromatic carbocycles. The Labute approximate surface area is 91.9 Å². The fourth-order valence-electron chi connectivity index (χ4n) is 1.16. The van der Waals surface area contributed by atoms with E-state index in [0.29, 0.717) is 0 Å². The standard InChI is InChI=1S/C9H24N6/c10-4-1-5-12-6-2-7-13-8-3-9-14-15-11/h12-13H,1-10H2,(H2,11,14). The average Bonchev–Trinajstić information content (AvgIpc) is 2.26. The summed E-state index contributed by atoms with van der Waals surface area (Å²) < 4.78 is 0. The van der Waals surface area contributed by atoms with Crippen LogP contribution in [0.2, 0.25) is 0 Å². The van der Waals surface area contributed by atoms with Crippen LogP contribution in [0.25, 0.3) is 0 Å². The molecule has 6 nitrogen and oxygen atoms in total. The van der Waals surface area contributed by atoms with Crippen LogP contribution in [0.3, 0.4) is 0 Å². The van der Waals surface area contributed by atoms with Gasteiger partial charge in [-0.15, -0.1) is 0 Å². The molecule has 0 amide bonds. The lowest BCUT2D eigenvalue weighted by molar-refractivity contribution is 0.559. The zero-order chi connectivity index (χ0) is 11.2. The second kappa shape index (κ2) is 13.3. The molecule has 90 valence electrons. The molecule has 0 radical (unpaired) electrons. The van der Waals surface area contributed by atoms with Crippen molar-refractivity contribution in [1.82, 2.24) is 16.1 Å². The highest BCUT2D eigenvalue weighted by atomic mass is 15.4. The second-order valence-corrected chi connectivity index (χ2v) is 3.37. The van der Waals surface area contributed by atoms with Gasteiger partial charge in [-0.05, 0) is 52.0 Å². The Balaban J connectivity index is 2.83. The van der Waals surface area contributed by atoms with E-state index in [9.17, 15) is 0 Å². The van der Waals surface area contributed by atoms with Gasteiger partial charge < -0.3 is 16.4 Å². The molecule has 0 bridgehead atoms. The molecule has 0 rings (SSSR count). The maximum atomic E-state index is 6.51. The minimum absolute atomic E-state index is 0.763. The van der Waals surface area contributed by atoms with Crippen molar-refractivity contribution in [3.63, 3.8) is 0 Å². The summed E-state index contributed by atoms with van der Waals surface area (Å²) >= 11 is 0. The zero-order valence-corrected chi connectivity index (χ0v) is 9.39. The molecule has 0 aromatic rings. The molecular weight excluding hydrogens is 192 g/mol. The molecule has 0 aliphatic carbocycles. The summed E-state index contributed by atoms with van der Waals surface area (Å²) in [5, 5.41) is 9.72. The highest BCUT2D eigenvalue weighted by molar-refractivity contribution is 4.53. The zero-order valence-electron chi connectivity index (χ0n) is 9.39. The Hall–Kier alpha value is -0.720. The summed E-state index contributed by atoms with van der Waals surface area (Å²) in [6.45, 7) is 5.61.